The van der Waals surface area contributed by atoms with Crippen LogP contribution in [0.5, 0.6) is 0 Å². The number of halogens is 1. The Morgan fingerprint density at radius 3 is 2.71 bits per heavy atom. The van der Waals surface area contributed by atoms with Crippen molar-refractivity contribution in [3.63, 3.8) is 0 Å². The summed E-state index contributed by atoms with van der Waals surface area (Å²) in [7, 11) is 0. The van der Waals surface area contributed by atoms with E-state index in [1.807, 2.05) is 36.9 Å². The van der Waals surface area contributed by atoms with Crippen LogP contribution < -0.4 is 5.32 Å². The molecule has 3 aromatic heterocycles. The first kappa shape index (κ1) is 19.9. The number of piperidine rings is 1. The molecule has 31 heavy (non-hydrogen) atoms. The second-order valence-corrected chi connectivity index (χ2v) is 8.78. The average molecular weight is 435 g/mol. The molecular weight excluding hydrogens is 412 g/mol. The Hall–Kier alpha value is -3.06. The van der Waals surface area contributed by atoms with Crippen LogP contribution in [0.2, 0.25) is 5.02 Å². The third kappa shape index (κ3) is 3.74. The fraction of sp³-hybridized carbons (Fsp3) is 0.348. The van der Waals surface area contributed by atoms with Crippen molar-refractivity contribution in [1.82, 2.24) is 24.8 Å². The van der Waals surface area contributed by atoms with Gasteiger partial charge in [-0.3, -0.25) is 4.79 Å². The molecule has 3 aromatic rings. The topological polar surface area (TPSA) is 83.9 Å². The summed E-state index contributed by atoms with van der Waals surface area (Å²) in [6, 6.07) is 7.60. The highest BCUT2D eigenvalue weighted by Gasteiger charge is 2.47. The molecule has 2 aliphatic rings. The summed E-state index contributed by atoms with van der Waals surface area (Å²) in [6.07, 6.45) is 7.11. The lowest BCUT2D eigenvalue weighted by molar-refractivity contribution is 0.0686. The van der Waals surface area contributed by atoms with Gasteiger partial charge in [0.25, 0.3) is 5.91 Å². The number of fused-ring (bicyclic) bond motifs is 2. The predicted octanol–water partition coefficient (Wildman–Crippen LogP) is 3.92. The summed E-state index contributed by atoms with van der Waals surface area (Å²) in [5, 5.41) is 4.08. The van der Waals surface area contributed by atoms with Crippen molar-refractivity contribution >= 4 is 23.3 Å². The van der Waals surface area contributed by atoms with E-state index in [9.17, 15) is 4.79 Å². The Morgan fingerprint density at radius 2 is 1.97 bits per heavy atom. The second-order valence-electron chi connectivity index (χ2n) is 8.38. The zero-order valence-electron chi connectivity index (χ0n) is 17.4. The number of likely N-dealkylation sites (tertiary alicyclic amines) is 1. The maximum Gasteiger partial charge on any atom is 0.273 e. The van der Waals surface area contributed by atoms with Gasteiger partial charge in [-0.05, 0) is 62.4 Å². The van der Waals surface area contributed by atoms with Crippen LogP contribution in [-0.4, -0.2) is 49.4 Å². The molecule has 5 rings (SSSR count). The molecule has 0 spiro atoms. The quantitative estimate of drug-likeness (QED) is 0.670. The maximum atomic E-state index is 13.6. The van der Waals surface area contributed by atoms with Crippen molar-refractivity contribution in [2.24, 2.45) is 5.92 Å². The van der Waals surface area contributed by atoms with E-state index in [2.05, 4.69) is 25.3 Å². The fourth-order valence-electron chi connectivity index (χ4n) is 4.70. The lowest BCUT2D eigenvalue weighted by Crippen LogP contribution is -2.48. The molecule has 7 nitrogen and oxygen atoms in total. The van der Waals surface area contributed by atoms with E-state index >= 15 is 0 Å². The normalized spacial score (nSPS) is 22.0. The smallest absolute Gasteiger partial charge is 0.273 e. The maximum absolute atomic E-state index is 13.6. The van der Waals surface area contributed by atoms with Crippen molar-refractivity contribution in [2.45, 2.75) is 38.8 Å². The molecule has 1 saturated heterocycles. The number of nitrogens with zero attached hydrogens (tertiary/aromatic N) is 5. The molecule has 0 radical (unpaired) electrons. The summed E-state index contributed by atoms with van der Waals surface area (Å²) in [5.74, 6) is 1.56. The van der Waals surface area contributed by atoms with Crippen LogP contribution in [0.3, 0.4) is 0 Å². The van der Waals surface area contributed by atoms with Crippen LogP contribution in [0.25, 0.3) is 11.4 Å². The minimum atomic E-state index is -0.0758. The van der Waals surface area contributed by atoms with Crippen molar-refractivity contribution in [1.29, 1.82) is 0 Å². The average Bonchev–Trinajstić information content (AvgIpc) is 3.36. The number of hydrogen-bond acceptors (Lipinski definition) is 6. The van der Waals surface area contributed by atoms with E-state index in [-0.39, 0.29) is 18.0 Å². The van der Waals surface area contributed by atoms with Gasteiger partial charge in [-0.2, -0.15) is 0 Å². The zero-order chi connectivity index (χ0) is 21.5. The van der Waals surface area contributed by atoms with E-state index in [4.69, 9.17) is 11.6 Å². The Bertz CT molecular complexity index is 1140. The molecule has 0 aromatic carbocycles. The minimum absolute atomic E-state index is 0.0727. The van der Waals surface area contributed by atoms with Gasteiger partial charge in [0.05, 0.1) is 16.6 Å². The van der Waals surface area contributed by atoms with E-state index in [1.54, 1.807) is 24.7 Å². The van der Waals surface area contributed by atoms with Crippen molar-refractivity contribution in [3.05, 3.63) is 64.8 Å². The Labute approximate surface area is 185 Å². The molecule has 2 bridgehead atoms. The van der Waals surface area contributed by atoms with Gasteiger partial charge in [-0.1, -0.05) is 11.6 Å². The monoisotopic (exact) mass is 434 g/mol. The SMILES string of the molecule is Cc1cnc(NC2CC3CC2N(C(=O)c2nc(C)ccc2-c2ncccn2)C3)c(Cl)c1. The van der Waals surface area contributed by atoms with Gasteiger partial charge in [0.15, 0.2) is 5.82 Å². The van der Waals surface area contributed by atoms with E-state index in [1.165, 1.54) is 0 Å². The Balaban J connectivity index is 1.43. The number of amides is 1. The highest BCUT2D eigenvalue weighted by atomic mass is 35.5. The first-order valence-electron chi connectivity index (χ1n) is 10.4. The number of aromatic nitrogens is 4. The van der Waals surface area contributed by atoms with Gasteiger partial charge in [0.1, 0.15) is 11.5 Å². The van der Waals surface area contributed by atoms with Gasteiger partial charge < -0.3 is 10.2 Å². The van der Waals surface area contributed by atoms with Crippen LogP contribution in [-0.2, 0) is 0 Å². The van der Waals surface area contributed by atoms with Crippen molar-refractivity contribution in [3.8, 4) is 11.4 Å². The molecule has 158 valence electrons. The van der Waals surface area contributed by atoms with Crippen molar-refractivity contribution in [2.75, 3.05) is 11.9 Å². The van der Waals surface area contributed by atoms with Crippen LogP contribution in [0.15, 0.2) is 42.9 Å². The zero-order valence-corrected chi connectivity index (χ0v) is 18.2. The lowest BCUT2D eigenvalue weighted by atomic mass is 10.0. The number of hydrogen-bond donors (Lipinski definition) is 1. The molecule has 3 atom stereocenters. The largest absolute Gasteiger partial charge is 0.364 e. The molecule has 1 aliphatic carbocycles. The summed E-state index contributed by atoms with van der Waals surface area (Å²) in [4.78, 5) is 33.3. The van der Waals surface area contributed by atoms with Gasteiger partial charge in [-0.15, -0.1) is 0 Å². The van der Waals surface area contributed by atoms with Crippen molar-refractivity contribution < 1.29 is 4.79 Å². The highest BCUT2D eigenvalue weighted by molar-refractivity contribution is 6.33. The molecule has 2 fully saturated rings. The minimum Gasteiger partial charge on any atom is -0.364 e. The van der Waals surface area contributed by atoms with Gasteiger partial charge in [0.2, 0.25) is 0 Å². The highest BCUT2D eigenvalue weighted by Crippen LogP contribution is 2.40. The van der Waals surface area contributed by atoms with Crippen LogP contribution >= 0.6 is 11.6 Å². The van der Waals surface area contributed by atoms with Gasteiger partial charge >= 0.3 is 0 Å². The molecule has 8 heteroatoms. The first-order valence-corrected chi connectivity index (χ1v) is 10.8. The molecule has 3 unspecified atom stereocenters. The summed E-state index contributed by atoms with van der Waals surface area (Å²) in [6.45, 7) is 4.59. The number of aryl methyl sites for hydroxylation is 2. The van der Waals surface area contributed by atoms with E-state index < -0.39 is 0 Å². The van der Waals surface area contributed by atoms with E-state index in [0.29, 0.717) is 33.8 Å². The fourth-order valence-corrected chi connectivity index (χ4v) is 4.98. The molecular formula is C23H23ClN6O. The molecule has 1 amide bonds. The van der Waals surface area contributed by atoms with Gasteiger partial charge in [0, 0.05) is 36.9 Å². The number of anilines is 1. The number of rotatable bonds is 4. The summed E-state index contributed by atoms with van der Waals surface area (Å²) >= 11 is 6.38. The van der Waals surface area contributed by atoms with Crippen LogP contribution in [0.1, 0.15) is 34.6 Å². The molecule has 1 aliphatic heterocycles. The first-order chi connectivity index (χ1) is 15.0. The number of carbonyl (C=O) groups excluding carboxylic acids is 1. The second kappa shape index (κ2) is 7.89. The number of carbonyl (C=O) groups is 1. The summed E-state index contributed by atoms with van der Waals surface area (Å²) in [5.41, 5.74) is 2.87. The molecule has 1 N–H and O–H groups in total. The molecule has 4 heterocycles. The Morgan fingerprint density at radius 1 is 1.16 bits per heavy atom. The summed E-state index contributed by atoms with van der Waals surface area (Å²) < 4.78 is 0. The number of nitrogens with one attached hydrogen (secondary N) is 1. The third-order valence-electron chi connectivity index (χ3n) is 6.09. The number of pyridine rings is 2. The third-order valence-corrected chi connectivity index (χ3v) is 6.37. The van der Waals surface area contributed by atoms with Crippen LogP contribution in [0.4, 0.5) is 5.82 Å². The standard InChI is InChI=1S/C23H23ClN6O/c1-13-8-17(24)22(27-11-13)29-18-9-15-10-19(18)30(12-15)23(31)20-16(5-4-14(2)28-20)21-25-6-3-7-26-21/h3-8,11,15,18-19H,9-10,12H2,1-2H3,(H,27,29). The van der Waals surface area contributed by atoms with Crippen LogP contribution in [0, 0.1) is 19.8 Å². The lowest BCUT2D eigenvalue weighted by Gasteiger charge is -2.34. The van der Waals surface area contributed by atoms with Gasteiger partial charge in [-0.25, -0.2) is 19.9 Å². The molecule has 1 saturated carbocycles. The van der Waals surface area contributed by atoms with E-state index in [0.717, 1.165) is 30.6 Å². The Kier molecular flexibility index (Phi) is 5.06. The predicted molar refractivity (Wildman–Crippen MR) is 119 cm³/mol.